The molecule has 5 fully saturated rings. The molecule has 180 valence electrons. The average Bonchev–Trinajstić information content (AvgIpc) is 3.54. The molecule has 2 N–H and O–H groups in total. The van der Waals surface area contributed by atoms with E-state index in [0.29, 0.717) is 25.9 Å². The van der Waals surface area contributed by atoms with Crippen molar-refractivity contribution in [2.45, 2.75) is 76.0 Å². The Morgan fingerprint density at radius 2 is 2.00 bits per heavy atom. The van der Waals surface area contributed by atoms with E-state index in [1.807, 2.05) is 6.92 Å². The van der Waals surface area contributed by atoms with Gasteiger partial charge in [0, 0.05) is 16.7 Å². The summed E-state index contributed by atoms with van der Waals surface area (Å²) in [5.74, 6) is -1.13. The number of nitrogens with one attached hydrogen (secondary N) is 1. The highest BCUT2D eigenvalue weighted by atomic mass is 19.1. The van der Waals surface area contributed by atoms with E-state index in [0.717, 1.165) is 29.7 Å². The van der Waals surface area contributed by atoms with Gasteiger partial charge >= 0.3 is 0 Å². The van der Waals surface area contributed by atoms with Crippen LogP contribution in [0.5, 0.6) is 0 Å². The number of hydrogen-bond donors (Lipinski definition) is 2. The molecule has 8 heteroatoms. The Morgan fingerprint density at radius 1 is 1.18 bits per heavy atom. The summed E-state index contributed by atoms with van der Waals surface area (Å²) in [5, 5.41) is 19.0. The highest BCUT2D eigenvalue weighted by Gasteiger charge is 2.81. The third kappa shape index (κ3) is 2.10. The van der Waals surface area contributed by atoms with E-state index < -0.39 is 34.0 Å². The smallest absolute Gasteiger partial charge is 0.227 e. The van der Waals surface area contributed by atoms with Crippen LogP contribution in [0.2, 0.25) is 0 Å². The van der Waals surface area contributed by atoms with E-state index in [1.54, 1.807) is 6.20 Å². The van der Waals surface area contributed by atoms with Gasteiger partial charge in [0.05, 0.1) is 18.0 Å². The summed E-state index contributed by atoms with van der Waals surface area (Å²) in [6.07, 6.45) is 5.99. The van der Waals surface area contributed by atoms with E-state index in [-0.39, 0.29) is 31.3 Å². The number of ether oxygens (including phenoxy) is 4. The van der Waals surface area contributed by atoms with Gasteiger partial charge in [-0.1, -0.05) is 26.3 Å². The number of hydrogen-bond acceptors (Lipinski definition) is 6. The zero-order chi connectivity index (χ0) is 22.9. The number of halogens is 1. The normalized spacial score (nSPS) is 54.8. The monoisotopic (exact) mass is 460 g/mol. The Hall–Kier alpha value is -1.32. The summed E-state index contributed by atoms with van der Waals surface area (Å²) in [6, 6.07) is 0. The fourth-order valence-corrected chi connectivity index (χ4v) is 9.50. The summed E-state index contributed by atoms with van der Waals surface area (Å²) in [5.41, 5.74) is -0.658. The number of aliphatic hydroxyl groups is 1. The zero-order valence-corrected chi connectivity index (χ0v) is 19.5. The summed E-state index contributed by atoms with van der Waals surface area (Å²) in [7, 11) is 0. The fourth-order valence-electron chi connectivity index (χ4n) is 9.50. The number of aliphatic hydroxyl groups excluding tert-OH is 1. The highest BCUT2D eigenvalue weighted by molar-refractivity contribution is 5.60. The van der Waals surface area contributed by atoms with E-state index in [9.17, 15) is 5.11 Å². The molecule has 3 saturated carbocycles. The van der Waals surface area contributed by atoms with Gasteiger partial charge in [-0.3, -0.25) is 5.10 Å². The first kappa shape index (κ1) is 21.0. The van der Waals surface area contributed by atoms with E-state index >= 15 is 4.39 Å². The van der Waals surface area contributed by atoms with Crippen LogP contribution in [0.3, 0.4) is 0 Å². The quantitative estimate of drug-likeness (QED) is 0.618. The summed E-state index contributed by atoms with van der Waals surface area (Å²) >= 11 is 0. The van der Waals surface area contributed by atoms with Crippen molar-refractivity contribution in [2.75, 3.05) is 20.2 Å². The van der Waals surface area contributed by atoms with Crippen molar-refractivity contribution in [1.29, 1.82) is 0 Å². The molecular weight excluding hydrogens is 427 g/mol. The molecule has 0 aromatic carbocycles. The lowest BCUT2D eigenvalue weighted by Crippen LogP contribution is -2.72. The highest BCUT2D eigenvalue weighted by Crippen LogP contribution is 2.74. The summed E-state index contributed by atoms with van der Waals surface area (Å²) in [6.45, 7) is 6.95. The fraction of sp³-hybridized carbons (Fsp3) is 0.800. The Morgan fingerprint density at radius 3 is 2.79 bits per heavy atom. The van der Waals surface area contributed by atoms with Crippen LogP contribution in [0.1, 0.15) is 57.7 Å². The van der Waals surface area contributed by atoms with Crippen LogP contribution in [-0.2, 0) is 25.4 Å². The molecule has 3 heterocycles. The number of alkyl halides is 1. The maximum atomic E-state index is 17.7. The zero-order valence-electron chi connectivity index (χ0n) is 19.5. The summed E-state index contributed by atoms with van der Waals surface area (Å²) < 4.78 is 41.9. The van der Waals surface area contributed by atoms with Crippen LogP contribution in [0.15, 0.2) is 11.8 Å². The van der Waals surface area contributed by atoms with Crippen LogP contribution < -0.4 is 0 Å². The molecule has 33 heavy (non-hydrogen) atoms. The minimum atomic E-state index is -1.72. The molecule has 9 atom stereocenters. The number of aromatic amines is 1. The van der Waals surface area contributed by atoms with Crippen LogP contribution >= 0.6 is 0 Å². The van der Waals surface area contributed by atoms with Crippen molar-refractivity contribution >= 4 is 6.08 Å². The second kappa shape index (κ2) is 6.26. The SMILES string of the molecule is C[C@H]1C[C@H]2[C@@H]3CCC4=Cc5[nH]ncc5C[C@]4(C)[C@@]3(F)[C@@H](O)C[C@]2(C)[C@]12OCOC21COCO1. The molecule has 7 rings (SSSR count). The summed E-state index contributed by atoms with van der Waals surface area (Å²) in [4.78, 5) is 0. The number of H-pyrrole nitrogens is 1. The van der Waals surface area contributed by atoms with Crippen molar-refractivity contribution in [3.63, 3.8) is 0 Å². The standard InChI is InChI=1S/C25H33FN2O5/c1-14-6-18-17-5-4-16-7-19-15(10-27-28-19)8-21(16,2)24(17,26)20(29)9-22(18,3)25(14)23(32-13-33-25)11-30-12-31-23/h7,10,14,17-18,20,29H,4-6,8-9,11-13H2,1-3H3,(H,27,28)/t14-,17-,18-,20-,21-,22-,23?,24-,25+/m0/s1. The van der Waals surface area contributed by atoms with Gasteiger partial charge in [-0.15, -0.1) is 0 Å². The third-order valence-corrected chi connectivity index (χ3v) is 10.8. The van der Waals surface area contributed by atoms with Gasteiger partial charge in [0.25, 0.3) is 0 Å². The first-order valence-corrected chi connectivity index (χ1v) is 12.3. The first-order valence-electron chi connectivity index (χ1n) is 12.3. The number of rotatable bonds is 0. The van der Waals surface area contributed by atoms with Gasteiger partial charge in [0.15, 0.2) is 13.6 Å². The Bertz CT molecular complexity index is 1030. The molecule has 2 aliphatic heterocycles. The van der Waals surface area contributed by atoms with Crippen LogP contribution in [-0.4, -0.2) is 58.7 Å². The molecule has 0 amide bonds. The van der Waals surface area contributed by atoms with Crippen molar-refractivity contribution < 1.29 is 28.4 Å². The third-order valence-electron chi connectivity index (χ3n) is 10.8. The molecule has 0 radical (unpaired) electrons. The van der Waals surface area contributed by atoms with Crippen LogP contribution in [0.25, 0.3) is 6.08 Å². The molecule has 2 saturated heterocycles. The molecule has 2 spiro atoms. The molecule has 7 nitrogen and oxygen atoms in total. The van der Waals surface area contributed by atoms with E-state index in [2.05, 4.69) is 30.1 Å². The number of allylic oxidation sites excluding steroid dienone is 1. The van der Waals surface area contributed by atoms with Gasteiger partial charge < -0.3 is 24.1 Å². The van der Waals surface area contributed by atoms with Crippen LogP contribution in [0.4, 0.5) is 4.39 Å². The number of aromatic nitrogens is 2. The first-order chi connectivity index (χ1) is 15.7. The van der Waals surface area contributed by atoms with Crippen molar-refractivity contribution in [1.82, 2.24) is 10.2 Å². The Labute approximate surface area is 193 Å². The van der Waals surface area contributed by atoms with Crippen LogP contribution in [0, 0.1) is 28.6 Å². The lowest BCUT2D eigenvalue weighted by atomic mass is 9.43. The van der Waals surface area contributed by atoms with Gasteiger partial charge in [-0.25, -0.2) is 4.39 Å². The van der Waals surface area contributed by atoms with E-state index in [1.165, 1.54) is 0 Å². The largest absolute Gasteiger partial charge is 0.390 e. The van der Waals surface area contributed by atoms with Gasteiger partial charge in [-0.05, 0) is 55.6 Å². The molecule has 1 unspecified atom stereocenters. The predicted octanol–water partition coefficient (Wildman–Crippen LogP) is 3.34. The molecular formula is C25H33FN2O5. The Balaban J connectivity index is 1.35. The lowest BCUT2D eigenvalue weighted by molar-refractivity contribution is -0.279. The molecule has 1 aromatic heterocycles. The second-order valence-electron chi connectivity index (χ2n) is 11.8. The maximum absolute atomic E-state index is 17.7. The minimum Gasteiger partial charge on any atom is -0.390 e. The Kier molecular flexibility index (Phi) is 3.99. The second-order valence-corrected chi connectivity index (χ2v) is 11.8. The lowest BCUT2D eigenvalue weighted by Gasteiger charge is -2.64. The molecule has 4 aliphatic carbocycles. The van der Waals surface area contributed by atoms with Crippen molar-refractivity contribution in [3.8, 4) is 0 Å². The number of fused-ring (bicyclic) bond motifs is 8. The van der Waals surface area contributed by atoms with Gasteiger partial charge in [-0.2, -0.15) is 5.10 Å². The van der Waals surface area contributed by atoms with Gasteiger partial charge in [0.1, 0.15) is 17.9 Å². The van der Waals surface area contributed by atoms with Gasteiger partial charge in [0.2, 0.25) is 5.79 Å². The van der Waals surface area contributed by atoms with Crippen molar-refractivity contribution in [2.24, 2.45) is 28.6 Å². The minimum absolute atomic E-state index is 0.0489. The average molecular weight is 461 g/mol. The molecule has 0 bridgehead atoms. The topological polar surface area (TPSA) is 85.8 Å². The molecule has 1 aromatic rings. The predicted molar refractivity (Wildman–Crippen MR) is 115 cm³/mol. The molecule has 6 aliphatic rings. The van der Waals surface area contributed by atoms with E-state index in [4.69, 9.17) is 18.9 Å². The maximum Gasteiger partial charge on any atom is 0.227 e. The van der Waals surface area contributed by atoms with Crippen molar-refractivity contribution in [3.05, 3.63) is 23.0 Å². The number of nitrogens with zero attached hydrogens (tertiary/aromatic N) is 1.